The fraction of sp³-hybridized carbons (Fsp3) is 0.500. The summed E-state index contributed by atoms with van der Waals surface area (Å²) in [7, 11) is 0. The standard InChI is InChI=1S/C18H23N3O3/c22-18(23)16-17(15-9-4-5-10-15)21(20-19-16)11-6-12-24-13-14-7-2-1-3-8-14/h1-3,7-8,15H,4-6,9-13H2,(H,22,23). The molecule has 1 aromatic carbocycles. The second-order valence-corrected chi connectivity index (χ2v) is 6.22. The SMILES string of the molecule is O=C(O)c1nnn(CCCOCc2ccccc2)c1C1CCCC1. The Morgan fingerprint density at radius 1 is 1.25 bits per heavy atom. The third kappa shape index (κ3) is 4.00. The lowest BCUT2D eigenvalue weighted by Crippen LogP contribution is -2.13. The van der Waals surface area contributed by atoms with Crippen molar-refractivity contribution in [1.82, 2.24) is 15.0 Å². The third-order valence-corrected chi connectivity index (χ3v) is 4.49. The molecule has 1 aliphatic carbocycles. The van der Waals surface area contributed by atoms with Crippen molar-refractivity contribution in [3.8, 4) is 0 Å². The number of rotatable bonds is 8. The summed E-state index contributed by atoms with van der Waals surface area (Å²) in [6.07, 6.45) is 5.13. The van der Waals surface area contributed by atoms with Crippen LogP contribution in [-0.2, 0) is 17.9 Å². The number of aromatic carboxylic acids is 1. The van der Waals surface area contributed by atoms with E-state index in [0.717, 1.165) is 43.4 Å². The topological polar surface area (TPSA) is 77.2 Å². The van der Waals surface area contributed by atoms with Crippen molar-refractivity contribution in [1.29, 1.82) is 0 Å². The zero-order chi connectivity index (χ0) is 16.8. The van der Waals surface area contributed by atoms with E-state index in [0.29, 0.717) is 19.8 Å². The number of carbonyl (C=O) groups is 1. The Hall–Kier alpha value is -2.21. The van der Waals surface area contributed by atoms with Gasteiger partial charge in [0.15, 0.2) is 5.69 Å². The van der Waals surface area contributed by atoms with Crippen LogP contribution in [0.3, 0.4) is 0 Å². The Morgan fingerprint density at radius 3 is 2.71 bits per heavy atom. The molecule has 0 aliphatic heterocycles. The van der Waals surface area contributed by atoms with Crippen LogP contribution in [0.15, 0.2) is 30.3 Å². The molecule has 1 heterocycles. The summed E-state index contributed by atoms with van der Waals surface area (Å²) in [4.78, 5) is 11.4. The van der Waals surface area contributed by atoms with E-state index in [1.807, 2.05) is 30.3 Å². The minimum atomic E-state index is -0.983. The smallest absolute Gasteiger partial charge is 0.358 e. The molecule has 0 unspecified atom stereocenters. The Morgan fingerprint density at radius 2 is 2.00 bits per heavy atom. The van der Waals surface area contributed by atoms with Gasteiger partial charge in [0.2, 0.25) is 0 Å². The quantitative estimate of drug-likeness (QED) is 0.752. The fourth-order valence-corrected chi connectivity index (χ4v) is 3.32. The Kier molecular flexibility index (Phi) is 5.59. The summed E-state index contributed by atoms with van der Waals surface area (Å²) in [6.45, 7) is 1.84. The van der Waals surface area contributed by atoms with Gasteiger partial charge in [-0.25, -0.2) is 9.48 Å². The minimum absolute atomic E-state index is 0.118. The first kappa shape index (κ1) is 16.6. The molecule has 1 aromatic heterocycles. The molecule has 1 aliphatic rings. The number of aromatic nitrogens is 3. The molecule has 1 N–H and O–H groups in total. The fourth-order valence-electron chi connectivity index (χ4n) is 3.32. The van der Waals surface area contributed by atoms with E-state index in [4.69, 9.17) is 4.74 Å². The Bertz CT molecular complexity index is 663. The number of carboxylic acid groups (broad SMARTS) is 1. The maximum Gasteiger partial charge on any atom is 0.358 e. The van der Waals surface area contributed by atoms with Gasteiger partial charge >= 0.3 is 5.97 Å². The lowest BCUT2D eigenvalue weighted by atomic mass is 10.0. The Balaban J connectivity index is 1.54. The minimum Gasteiger partial charge on any atom is -0.476 e. The maximum atomic E-state index is 11.4. The van der Waals surface area contributed by atoms with Gasteiger partial charge in [-0.05, 0) is 24.8 Å². The molecule has 2 aromatic rings. The van der Waals surface area contributed by atoms with Gasteiger partial charge in [-0.3, -0.25) is 0 Å². The zero-order valence-electron chi connectivity index (χ0n) is 13.7. The highest BCUT2D eigenvalue weighted by atomic mass is 16.5. The number of ether oxygens (including phenoxy) is 1. The van der Waals surface area contributed by atoms with E-state index in [2.05, 4.69) is 10.3 Å². The first-order valence-corrected chi connectivity index (χ1v) is 8.54. The largest absolute Gasteiger partial charge is 0.476 e. The molecule has 0 atom stereocenters. The highest BCUT2D eigenvalue weighted by Crippen LogP contribution is 2.35. The number of hydrogen-bond acceptors (Lipinski definition) is 4. The van der Waals surface area contributed by atoms with Gasteiger partial charge < -0.3 is 9.84 Å². The second kappa shape index (κ2) is 8.06. The average molecular weight is 329 g/mol. The van der Waals surface area contributed by atoms with Crippen LogP contribution in [0.5, 0.6) is 0 Å². The maximum absolute atomic E-state index is 11.4. The lowest BCUT2D eigenvalue weighted by molar-refractivity contribution is 0.0688. The van der Waals surface area contributed by atoms with E-state index in [1.165, 1.54) is 0 Å². The summed E-state index contributed by atoms with van der Waals surface area (Å²) in [5.74, 6) is -0.709. The number of benzene rings is 1. The van der Waals surface area contributed by atoms with Gasteiger partial charge in [-0.2, -0.15) is 0 Å². The van der Waals surface area contributed by atoms with Gasteiger partial charge in [0.05, 0.1) is 12.3 Å². The zero-order valence-corrected chi connectivity index (χ0v) is 13.7. The predicted molar refractivity (Wildman–Crippen MR) is 88.9 cm³/mol. The molecule has 0 saturated heterocycles. The van der Waals surface area contributed by atoms with Crippen LogP contribution < -0.4 is 0 Å². The number of aryl methyl sites for hydroxylation is 1. The first-order valence-electron chi connectivity index (χ1n) is 8.54. The predicted octanol–water partition coefficient (Wildman–Crippen LogP) is 3.24. The average Bonchev–Trinajstić information content (AvgIpc) is 3.24. The van der Waals surface area contributed by atoms with Gasteiger partial charge in [0.1, 0.15) is 0 Å². The van der Waals surface area contributed by atoms with Gasteiger partial charge in [-0.15, -0.1) is 5.10 Å². The molecule has 0 radical (unpaired) electrons. The molecule has 128 valence electrons. The molecule has 3 rings (SSSR count). The molecule has 24 heavy (non-hydrogen) atoms. The molecular weight excluding hydrogens is 306 g/mol. The van der Waals surface area contributed by atoms with Gasteiger partial charge in [0.25, 0.3) is 0 Å². The summed E-state index contributed by atoms with van der Waals surface area (Å²) in [5, 5.41) is 17.3. The lowest BCUT2D eigenvalue weighted by Gasteiger charge is -2.12. The van der Waals surface area contributed by atoms with E-state index < -0.39 is 5.97 Å². The summed E-state index contributed by atoms with van der Waals surface area (Å²) in [6, 6.07) is 10.0. The van der Waals surface area contributed by atoms with Crippen LogP contribution in [0, 0.1) is 0 Å². The van der Waals surface area contributed by atoms with Crippen molar-refractivity contribution in [3.63, 3.8) is 0 Å². The van der Waals surface area contributed by atoms with Crippen molar-refractivity contribution < 1.29 is 14.6 Å². The summed E-state index contributed by atoms with van der Waals surface area (Å²) < 4.78 is 7.45. The molecule has 1 saturated carbocycles. The van der Waals surface area contributed by atoms with Crippen LogP contribution in [-0.4, -0.2) is 32.7 Å². The van der Waals surface area contributed by atoms with Crippen LogP contribution in [0.4, 0.5) is 0 Å². The summed E-state index contributed by atoms with van der Waals surface area (Å²) in [5.41, 5.74) is 2.06. The normalized spacial score (nSPS) is 15.0. The molecule has 6 nitrogen and oxygen atoms in total. The van der Waals surface area contributed by atoms with Gasteiger partial charge in [-0.1, -0.05) is 48.4 Å². The molecular formula is C18H23N3O3. The van der Waals surface area contributed by atoms with Crippen LogP contribution in [0.1, 0.15) is 59.8 Å². The monoisotopic (exact) mass is 329 g/mol. The van der Waals surface area contributed by atoms with E-state index in [9.17, 15) is 9.90 Å². The molecule has 0 bridgehead atoms. The highest BCUT2D eigenvalue weighted by Gasteiger charge is 2.28. The second-order valence-electron chi connectivity index (χ2n) is 6.22. The third-order valence-electron chi connectivity index (χ3n) is 4.49. The first-order chi connectivity index (χ1) is 11.8. The van der Waals surface area contributed by atoms with E-state index in [1.54, 1.807) is 4.68 Å². The van der Waals surface area contributed by atoms with Crippen LogP contribution >= 0.6 is 0 Å². The van der Waals surface area contributed by atoms with Gasteiger partial charge in [0, 0.05) is 19.1 Å². The molecule has 0 amide bonds. The number of carboxylic acids is 1. The Labute approximate surface area is 141 Å². The number of nitrogens with zero attached hydrogens (tertiary/aromatic N) is 3. The van der Waals surface area contributed by atoms with Crippen molar-refractivity contribution in [2.45, 2.75) is 51.2 Å². The van der Waals surface area contributed by atoms with Crippen LogP contribution in [0.2, 0.25) is 0 Å². The van der Waals surface area contributed by atoms with Crippen LogP contribution in [0.25, 0.3) is 0 Å². The highest BCUT2D eigenvalue weighted by molar-refractivity contribution is 5.86. The van der Waals surface area contributed by atoms with E-state index >= 15 is 0 Å². The molecule has 0 spiro atoms. The molecule has 1 fully saturated rings. The van der Waals surface area contributed by atoms with Crippen molar-refractivity contribution in [2.75, 3.05) is 6.61 Å². The van der Waals surface area contributed by atoms with Crippen molar-refractivity contribution in [2.24, 2.45) is 0 Å². The molecule has 6 heteroatoms. The summed E-state index contributed by atoms with van der Waals surface area (Å²) >= 11 is 0. The van der Waals surface area contributed by atoms with Crippen molar-refractivity contribution >= 4 is 5.97 Å². The number of hydrogen-bond donors (Lipinski definition) is 1. The van der Waals surface area contributed by atoms with Crippen molar-refractivity contribution in [3.05, 3.63) is 47.3 Å². The van der Waals surface area contributed by atoms with E-state index in [-0.39, 0.29) is 11.6 Å².